The van der Waals surface area contributed by atoms with Gasteiger partial charge in [-0.25, -0.2) is 4.90 Å². The summed E-state index contributed by atoms with van der Waals surface area (Å²) in [5, 5.41) is 10.5. The maximum atomic E-state index is 12.6. The van der Waals surface area contributed by atoms with E-state index in [0.29, 0.717) is 16.7 Å². The summed E-state index contributed by atoms with van der Waals surface area (Å²) in [6.45, 7) is 0. The van der Waals surface area contributed by atoms with Crippen LogP contribution >= 0.6 is 0 Å². The molecule has 1 N–H and O–H groups in total. The van der Waals surface area contributed by atoms with Gasteiger partial charge in [0.2, 0.25) is 11.8 Å². The topological polar surface area (TPSA) is 88.2 Å². The first-order valence-electron chi connectivity index (χ1n) is 6.76. The molecule has 2 aromatic rings. The Balaban J connectivity index is 1.61. The molecule has 104 valence electrons. The van der Waals surface area contributed by atoms with Crippen LogP contribution in [0.3, 0.4) is 0 Å². The second-order valence-electron chi connectivity index (χ2n) is 5.51. The Bertz CT molecular complexity index is 796. The van der Waals surface area contributed by atoms with E-state index in [4.69, 9.17) is 4.74 Å². The van der Waals surface area contributed by atoms with Crippen molar-refractivity contribution in [3.63, 3.8) is 0 Å². The number of ether oxygens (including phenoxy) is 1. The van der Waals surface area contributed by atoms with Gasteiger partial charge in [0.05, 0.1) is 29.7 Å². The van der Waals surface area contributed by atoms with Gasteiger partial charge in [0, 0.05) is 0 Å². The molecule has 1 aromatic heterocycles. The van der Waals surface area contributed by atoms with Crippen LogP contribution in [-0.4, -0.2) is 39.4 Å². The van der Waals surface area contributed by atoms with Gasteiger partial charge in [-0.3, -0.25) is 9.59 Å². The molecule has 1 aromatic carbocycles. The maximum absolute atomic E-state index is 12.6. The molecule has 2 bridgehead atoms. The third kappa shape index (κ3) is 1.26. The highest BCUT2D eigenvalue weighted by molar-refractivity contribution is 6.23. The summed E-state index contributed by atoms with van der Waals surface area (Å²) in [5.41, 5.74) is 1.87. The summed E-state index contributed by atoms with van der Waals surface area (Å²) in [5.74, 6) is -1.16. The molecule has 3 aliphatic rings. The van der Waals surface area contributed by atoms with E-state index in [9.17, 15) is 9.59 Å². The Morgan fingerprint density at radius 3 is 2.38 bits per heavy atom. The second kappa shape index (κ2) is 3.56. The van der Waals surface area contributed by atoms with Gasteiger partial charge in [0.1, 0.15) is 11.0 Å². The van der Waals surface area contributed by atoms with E-state index in [-0.39, 0.29) is 35.9 Å². The SMILES string of the molecule is O=C1[C@@H]2[C@H](C(=O)N1c1ccc3n[nH]nc3c1)[C@@H]1C=C[C@H]2O1. The second-order valence-corrected chi connectivity index (χ2v) is 5.51. The van der Waals surface area contributed by atoms with Crippen LogP contribution in [0.4, 0.5) is 5.69 Å². The first-order chi connectivity index (χ1) is 10.2. The minimum Gasteiger partial charge on any atom is -0.365 e. The monoisotopic (exact) mass is 282 g/mol. The predicted octanol–water partition coefficient (Wildman–Crippen LogP) is 0.401. The molecule has 5 rings (SSSR count). The molecule has 7 nitrogen and oxygen atoms in total. The molecular formula is C14H10N4O3. The van der Waals surface area contributed by atoms with Gasteiger partial charge >= 0.3 is 0 Å². The van der Waals surface area contributed by atoms with Crippen molar-refractivity contribution in [3.05, 3.63) is 30.4 Å². The van der Waals surface area contributed by atoms with Crippen LogP contribution in [0.2, 0.25) is 0 Å². The number of carbonyl (C=O) groups is 2. The molecule has 7 heteroatoms. The summed E-state index contributed by atoms with van der Waals surface area (Å²) in [6, 6.07) is 5.16. The molecule has 3 aliphatic heterocycles. The average Bonchev–Trinajstić information content (AvgIpc) is 3.22. The highest BCUT2D eigenvalue weighted by Gasteiger charge is 2.61. The molecule has 0 saturated carbocycles. The molecule has 21 heavy (non-hydrogen) atoms. The molecule has 0 aliphatic carbocycles. The Morgan fingerprint density at radius 1 is 1.00 bits per heavy atom. The zero-order chi connectivity index (χ0) is 14.1. The summed E-state index contributed by atoms with van der Waals surface area (Å²) in [6.07, 6.45) is 3.22. The molecule has 0 radical (unpaired) electrons. The van der Waals surface area contributed by atoms with Gasteiger partial charge in [-0.1, -0.05) is 12.2 Å². The van der Waals surface area contributed by atoms with E-state index in [1.807, 2.05) is 12.2 Å². The number of rotatable bonds is 1. The smallest absolute Gasteiger partial charge is 0.240 e. The largest absolute Gasteiger partial charge is 0.365 e. The number of anilines is 1. The highest BCUT2D eigenvalue weighted by atomic mass is 16.5. The molecule has 0 unspecified atom stereocenters. The van der Waals surface area contributed by atoms with Crippen molar-refractivity contribution in [3.8, 4) is 0 Å². The summed E-state index contributed by atoms with van der Waals surface area (Å²) < 4.78 is 5.62. The lowest BCUT2D eigenvalue weighted by atomic mass is 9.85. The van der Waals surface area contributed by atoms with Gasteiger partial charge < -0.3 is 4.74 Å². The number of aromatic amines is 1. The van der Waals surface area contributed by atoms with Crippen molar-refractivity contribution in [1.29, 1.82) is 0 Å². The molecule has 0 spiro atoms. The number of benzene rings is 1. The molecule has 2 saturated heterocycles. The molecule has 4 heterocycles. The van der Waals surface area contributed by atoms with Crippen molar-refractivity contribution in [2.75, 3.05) is 4.90 Å². The normalized spacial score (nSPS) is 33.4. The van der Waals surface area contributed by atoms with E-state index in [1.165, 1.54) is 4.90 Å². The van der Waals surface area contributed by atoms with Crippen LogP contribution in [0, 0.1) is 11.8 Å². The van der Waals surface area contributed by atoms with Crippen molar-refractivity contribution >= 4 is 28.5 Å². The maximum Gasteiger partial charge on any atom is 0.240 e. The number of hydrogen-bond donors (Lipinski definition) is 1. The van der Waals surface area contributed by atoms with Crippen LogP contribution in [0.5, 0.6) is 0 Å². The number of hydrogen-bond acceptors (Lipinski definition) is 5. The van der Waals surface area contributed by atoms with Gasteiger partial charge in [-0.15, -0.1) is 0 Å². The Hall–Kier alpha value is -2.54. The van der Waals surface area contributed by atoms with Gasteiger partial charge in [0.15, 0.2) is 0 Å². The van der Waals surface area contributed by atoms with Crippen LogP contribution in [0.15, 0.2) is 30.4 Å². The van der Waals surface area contributed by atoms with Crippen LogP contribution in [0.25, 0.3) is 11.0 Å². The third-order valence-electron chi connectivity index (χ3n) is 4.47. The third-order valence-corrected chi connectivity index (χ3v) is 4.47. The lowest BCUT2D eigenvalue weighted by Crippen LogP contribution is -2.34. The van der Waals surface area contributed by atoms with Crippen LogP contribution in [0.1, 0.15) is 0 Å². The number of aromatic nitrogens is 3. The first kappa shape index (κ1) is 11.2. The average molecular weight is 282 g/mol. The Labute approximate surface area is 118 Å². The van der Waals surface area contributed by atoms with Crippen LogP contribution < -0.4 is 4.90 Å². The number of imide groups is 1. The Kier molecular flexibility index (Phi) is 1.89. The lowest BCUT2D eigenvalue weighted by molar-refractivity contribution is -0.124. The van der Waals surface area contributed by atoms with Crippen molar-refractivity contribution in [2.24, 2.45) is 11.8 Å². The number of nitrogens with zero attached hydrogens (tertiary/aromatic N) is 3. The first-order valence-corrected chi connectivity index (χ1v) is 6.76. The van der Waals surface area contributed by atoms with E-state index >= 15 is 0 Å². The van der Waals surface area contributed by atoms with E-state index in [1.54, 1.807) is 18.2 Å². The van der Waals surface area contributed by atoms with Gasteiger partial charge in [0.25, 0.3) is 0 Å². The summed E-state index contributed by atoms with van der Waals surface area (Å²) in [7, 11) is 0. The molecule has 2 amide bonds. The van der Waals surface area contributed by atoms with Crippen molar-refractivity contribution < 1.29 is 14.3 Å². The van der Waals surface area contributed by atoms with Gasteiger partial charge in [-0.05, 0) is 18.2 Å². The van der Waals surface area contributed by atoms with E-state index < -0.39 is 0 Å². The number of amides is 2. The zero-order valence-corrected chi connectivity index (χ0v) is 10.8. The minimum atomic E-state index is -0.388. The fraction of sp³-hybridized carbons (Fsp3) is 0.286. The zero-order valence-electron chi connectivity index (χ0n) is 10.8. The molecule has 2 fully saturated rings. The standard InChI is InChI=1S/C14H10N4O3/c19-13-11-9-3-4-10(21-9)12(11)14(20)18(13)6-1-2-7-8(5-6)16-17-15-7/h1-5,9-12H,(H,15,16,17)/t9-,10+,11+,12-. The lowest BCUT2D eigenvalue weighted by Gasteiger charge is -2.17. The number of fused-ring (bicyclic) bond motifs is 6. The fourth-order valence-corrected chi connectivity index (χ4v) is 3.53. The predicted molar refractivity (Wildman–Crippen MR) is 71.2 cm³/mol. The summed E-state index contributed by atoms with van der Waals surface area (Å²) >= 11 is 0. The van der Waals surface area contributed by atoms with E-state index in [2.05, 4.69) is 15.4 Å². The number of nitrogens with one attached hydrogen (secondary N) is 1. The highest BCUT2D eigenvalue weighted by Crippen LogP contribution is 2.46. The summed E-state index contributed by atoms with van der Waals surface area (Å²) in [4.78, 5) is 26.5. The molecule has 4 atom stereocenters. The fourth-order valence-electron chi connectivity index (χ4n) is 3.53. The van der Waals surface area contributed by atoms with Crippen molar-refractivity contribution in [1.82, 2.24) is 15.4 Å². The van der Waals surface area contributed by atoms with Crippen molar-refractivity contribution in [2.45, 2.75) is 12.2 Å². The van der Waals surface area contributed by atoms with Crippen LogP contribution in [-0.2, 0) is 14.3 Å². The van der Waals surface area contributed by atoms with Gasteiger partial charge in [-0.2, -0.15) is 15.4 Å². The number of carbonyl (C=O) groups excluding carboxylic acids is 2. The number of H-pyrrole nitrogens is 1. The quantitative estimate of drug-likeness (QED) is 0.604. The Morgan fingerprint density at radius 2 is 1.67 bits per heavy atom. The van der Waals surface area contributed by atoms with E-state index in [0.717, 1.165) is 0 Å². The molecular weight excluding hydrogens is 272 g/mol. The minimum absolute atomic E-state index is 0.190.